The molecule has 1 heterocycles. The van der Waals surface area contributed by atoms with Crippen LogP contribution in [0.5, 0.6) is 5.75 Å². The highest BCUT2D eigenvalue weighted by Crippen LogP contribution is 2.41. The maximum absolute atomic E-state index is 12.8. The summed E-state index contributed by atoms with van der Waals surface area (Å²) >= 11 is 12.1. The van der Waals surface area contributed by atoms with Crippen molar-refractivity contribution in [3.05, 3.63) is 87.1 Å². The molecule has 1 N–H and O–H groups in total. The fourth-order valence-corrected chi connectivity index (χ4v) is 4.69. The van der Waals surface area contributed by atoms with Gasteiger partial charge in [0.25, 0.3) is 0 Å². The molecule has 6 heteroatoms. The van der Waals surface area contributed by atoms with Gasteiger partial charge in [-0.25, -0.2) is 0 Å². The number of fused-ring (bicyclic) bond motifs is 1. The first-order chi connectivity index (χ1) is 16.2. The minimum absolute atomic E-state index is 0.302. The molecule has 3 aromatic carbocycles. The fraction of sp³-hybridized carbons (Fsp3) is 0.179. The molecule has 0 aliphatic carbocycles. The van der Waals surface area contributed by atoms with Crippen molar-refractivity contribution in [3.8, 4) is 16.9 Å². The quantitative estimate of drug-likeness (QED) is 0.284. The zero-order valence-electron chi connectivity index (χ0n) is 19.7. The lowest BCUT2D eigenvalue weighted by Gasteiger charge is -2.14. The number of amides is 1. The molecule has 0 aliphatic heterocycles. The van der Waals surface area contributed by atoms with Gasteiger partial charge in [0.2, 0.25) is 5.91 Å². The molecular formula is C28H25Cl2NO3. The lowest BCUT2D eigenvalue weighted by Crippen LogP contribution is -2.09. The molecule has 0 bridgehead atoms. The summed E-state index contributed by atoms with van der Waals surface area (Å²) in [4.78, 5) is 12.8. The van der Waals surface area contributed by atoms with Crippen molar-refractivity contribution >= 4 is 51.3 Å². The van der Waals surface area contributed by atoms with Gasteiger partial charge in [-0.05, 0) is 68.7 Å². The number of carbonyl (C=O) groups excluding carboxylic acids is 1. The third-order valence-corrected chi connectivity index (χ3v) is 6.43. The molecule has 174 valence electrons. The molecule has 4 aromatic rings. The van der Waals surface area contributed by atoms with Crippen molar-refractivity contribution in [2.24, 2.45) is 0 Å². The first-order valence-corrected chi connectivity index (χ1v) is 11.6. The van der Waals surface area contributed by atoms with Gasteiger partial charge in [-0.15, -0.1) is 0 Å². The molecule has 0 unspecified atom stereocenters. The van der Waals surface area contributed by atoms with E-state index in [1.54, 1.807) is 31.6 Å². The summed E-state index contributed by atoms with van der Waals surface area (Å²) in [6.45, 7) is 8.01. The summed E-state index contributed by atoms with van der Waals surface area (Å²) in [5.41, 5.74) is 8.18. The lowest BCUT2D eigenvalue weighted by molar-refractivity contribution is -0.111. The van der Waals surface area contributed by atoms with Gasteiger partial charge in [0, 0.05) is 33.2 Å². The van der Waals surface area contributed by atoms with E-state index in [9.17, 15) is 4.79 Å². The van der Waals surface area contributed by atoms with Crippen LogP contribution in [0.4, 0.5) is 5.69 Å². The van der Waals surface area contributed by atoms with Gasteiger partial charge >= 0.3 is 0 Å². The Hall–Kier alpha value is -3.21. The van der Waals surface area contributed by atoms with Crippen LogP contribution >= 0.6 is 23.2 Å². The third kappa shape index (κ3) is 4.56. The van der Waals surface area contributed by atoms with Crippen LogP contribution < -0.4 is 10.1 Å². The van der Waals surface area contributed by atoms with E-state index in [1.807, 2.05) is 19.9 Å². The Morgan fingerprint density at radius 2 is 1.79 bits per heavy atom. The van der Waals surface area contributed by atoms with Crippen LogP contribution in [0, 0.1) is 20.8 Å². The van der Waals surface area contributed by atoms with Crippen LogP contribution in [0.3, 0.4) is 0 Å². The standard InChI is InChI=1S/C28H25Cl2NO3/c1-15-6-8-20(16(2)10-15)23-14-34-28-18(4)27(33-5)21(13-22(23)28)17(3)11-26(32)31-25-9-7-19(29)12-24(25)30/h6-14H,1-5H3,(H,31,32)/b17-11+. The Labute approximate surface area is 209 Å². The monoisotopic (exact) mass is 493 g/mol. The van der Waals surface area contributed by atoms with E-state index in [0.717, 1.165) is 38.8 Å². The van der Waals surface area contributed by atoms with Gasteiger partial charge in [0.1, 0.15) is 11.3 Å². The second kappa shape index (κ2) is 9.57. The van der Waals surface area contributed by atoms with Gasteiger partial charge in [0.15, 0.2) is 0 Å². The highest BCUT2D eigenvalue weighted by molar-refractivity contribution is 6.36. The van der Waals surface area contributed by atoms with E-state index < -0.39 is 0 Å². The number of halogens is 2. The molecule has 1 amide bonds. The number of nitrogens with one attached hydrogen (secondary N) is 1. The lowest BCUT2D eigenvalue weighted by atomic mass is 9.94. The zero-order valence-corrected chi connectivity index (χ0v) is 21.2. The molecule has 0 radical (unpaired) electrons. The van der Waals surface area contributed by atoms with E-state index in [0.29, 0.717) is 21.5 Å². The topological polar surface area (TPSA) is 51.5 Å². The smallest absolute Gasteiger partial charge is 0.248 e. The number of rotatable bonds is 5. The van der Waals surface area contributed by atoms with Gasteiger partial charge in [-0.2, -0.15) is 0 Å². The average molecular weight is 494 g/mol. The first kappa shape index (κ1) is 23.9. The maximum atomic E-state index is 12.8. The molecule has 4 nitrogen and oxygen atoms in total. The minimum Gasteiger partial charge on any atom is -0.496 e. The minimum atomic E-state index is -0.302. The summed E-state index contributed by atoms with van der Waals surface area (Å²) in [5.74, 6) is 0.364. The molecule has 0 saturated heterocycles. The normalized spacial score (nSPS) is 11.7. The molecule has 0 aliphatic rings. The van der Waals surface area contributed by atoms with Crippen molar-refractivity contribution < 1.29 is 13.9 Å². The zero-order chi connectivity index (χ0) is 24.6. The highest BCUT2D eigenvalue weighted by Gasteiger charge is 2.19. The number of ether oxygens (including phenoxy) is 1. The molecular weight excluding hydrogens is 469 g/mol. The van der Waals surface area contributed by atoms with E-state index in [-0.39, 0.29) is 5.91 Å². The second-order valence-electron chi connectivity index (χ2n) is 8.37. The molecule has 4 rings (SSSR count). The molecule has 0 spiro atoms. The van der Waals surface area contributed by atoms with Crippen LogP contribution in [0.1, 0.15) is 29.2 Å². The number of anilines is 1. The average Bonchev–Trinajstić information content (AvgIpc) is 3.19. The SMILES string of the molecule is COc1c(/C(C)=C/C(=O)Nc2ccc(Cl)cc2Cl)cc2c(-c3ccc(C)cc3C)coc2c1C. The molecule has 0 saturated carbocycles. The van der Waals surface area contributed by atoms with E-state index in [2.05, 4.69) is 37.4 Å². The largest absolute Gasteiger partial charge is 0.496 e. The van der Waals surface area contributed by atoms with Crippen LogP contribution in [0.2, 0.25) is 10.0 Å². The Kier molecular flexibility index (Phi) is 6.74. The van der Waals surface area contributed by atoms with Gasteiger partial charge in [0.05, 0.1) is 24.1 Å². The van der Waals surface area contributed by atoms with Gasteiger partial charge in [-0.3, -0.25) is 4.79 Å². The number of aryl methyl sites for hydroxylation is 3. The van der Waals surface area contributed by atoms with Crippen LogP contribution in [-0.4, -0.2) is 13.0 Å². The maximum Gasteiger partial charge on any atom is 0.248 e. The van der Waals surface area contributed by atoms with E-state index in [1.165, 1.54) is 17.2 Å². The number of furan rings is 1. The van der Waals surface area contributed by atoms with Gasteiger partial charge in [-0.1, -0.05) is 47.0 Å². The third-order valence-electron chi connectivity index (χ3n) is 5.88. The van der Waals surface area contributed by atoms with E-state index >= 15 is 0 Å². The second-order valence-corrected chi connectivity index (χ2v) is 9.21. The predicted octanol–water partition coefficient (Wildman–Crippen LogP) is 8.38. The Morgan fingerprint density at radius 1 is 1.03 bits per heavy atom. The molecule has 0 atom stereocenters. The van der Waals surface area contributed by atoms with Crippen LogP contribution in [0.25, 0.3) is 27.7 Å². The summed E-state index contributed by atoms with van der Waals surface area (Å²) < 4.78 is 11.7. The first-order valence-electron chi connectivity index (χ1n) is 10.8. The summed E-state index contributed by atoms with van der Waals surface area (Å²) in [7, 11) is 1.62. The number of methoxy groups -OCH3 is 1. The summed E-state index contributed by atoms with van der Waals surface area (Å²) in [6.07, 6.45) is 3.32. The number of hydrogen-bond donors (Lipinski definition) is 1. The number of hydrogen-bond acceptors (Lipinski definition) is 3. The van der Waals surface area contributed by atoms with Crippen molar-refractivity contribution in [1.29, 1.82) is 0 Å². The predicted molar refractivity (Wildman–Crippen MR) is 141 cm³/mol. The fourth-order valence-electron chi connectivity index (χ4n) is 4.23. The number of allylic oxidation sites excluding steroid dienone is 1. The Balaban J connectivity index is 1.78. The van der Waals surface area contributed by atoms with Crippen molar-refractivity contribution in [2.75, 3.05) is 12.4 Å². The number of carbonyl (C=O) groups is 1. The Morgan fingerprint density at radius 3 is 2.47 bits per heavy atom. The summed E-state index contributed by atoms with van der Waals surface area (Å²) in [6, 6.07) is 13.3. The van der Waals surface area contributed by atoms with Crippen LogP contribution in [-0.2, 0) is 4.79 Å². The summed E-state index contributed by atoms with van der Waals surface area (Å²) in [5, 5.41) is 4.65. The van der Waals surface area contributed by atoms with Crippen molar-refractivity contribution in [3.63, 3.8) is 0 Å². The Bertz CT molecular complexity index is 1450. The highest BCUT2D eigenvalue weighted by atomic mass is 35.5. The molecule has 34 heavy (non-hydrogen) atoms. The van der Waals surface area contributed by atoms with Crippen LogP contribution in [0.15, 0.2) is 59.2 Å². The van der Waals surface area contributed by atoms with E-state index in [4.69, 9.17) is 32.4 Å². The van der Waals surface area contributed by atoms with Gasteiger partial charge < -0.3 is 14.5 Å². The molecule has 0 fully saturated rings. The van der Waals surface area contributed by atoms with Crippen molar-refractivity contribution in [2.45, 2.75) is 27.7 Å². The molecule has 1 aromatic heterocycles. The van der Waals surface area contributed by atoms with Crippen molar-refractivity contribution in [1.82, 2.24) is 0 Å². The number of benzene rings is 3.